The maximum atomic E-state index is 12.3. The first-order chi connectivity index (χ1) is 14.9. The lowest BCUT2D eigenvalue weighted by Gasteiger charge is -2.09. The van der Waals surface area contributed by atoms with E-state index < -0.39 is 20.9 Å². The van der Waals surface area contributed by atoms with Crippen LogP contribution in [0.25, 0.3) is 0 Å². The molecule has 0 spiro atoms. The number of nitro groups is 1. The molecule has 0 unspecified atom stereocenters. The van der Waals surface area contributed by atoms with Crippen LogP contribution in [0.15, 0.2) is 76.2 Å². The van der Waals surface area contributed by atoms with E-state index in [9.17, 15) is 23.3 Å². The van der Waals surface area contributed by atoms with Crippen LogP contribution in [-0.4, -0.2) is 32.3 Å². The van der Waals surface area contributed by atoms with Crippen molar-refractivity contribution in [3.8, 4) is 0 Å². The van der Waals surface area contributed by atoms with Crippen molar-refractivity contribution < 1.29 is 22.6 Å². The van der Waals surface area contributed by atoms with Crippen molar-refractivity contribution >= 4 is 27.3 Å². The minimum atomic E-state index is -3.75. The number of hydrogen-bond acceptors (Lipinski definition) is 7. The van der Waals surface area contributed by atoms with Crippen LogP contribution in [0, 0.1) is 10.1 Å². The number of benzene rings is 2. The Balaban J connectivity index is 1.50. The van der Waals surface area contributed by atoms with Gasteiger partial charge in [0, 0.05) is 24.7 Å². The van der Waals surface area contributed by atoms with Crippen molar-refractivity contribution in [3.05, 3.63) is 88.4 Å². The highest BCUT2D eigenvalue weighted by molar-refractivity contribution is 7.89. The Morgan fingerprint density at radius 2 is 1.74 bits per heavy atom. The third-order valence-electron chi connectivity index (χ3n) is 4.27. The summed E-state index contributed by atoms with van der Waals surface area (Å²) in [6.45, 7) is 0.513. The van der Waals surface area contributed by atoms with Gasteiger partial charge in [-0.1, -0.05) is 12.1 Å². The summed E-state index contributed by atoms with van der Waals surface area (Å²) >= 11 is 0. The summed E-state index contributed by atoms with van der Waals surface area (Å²) in [5.41, 5.74) is 0.598. The van der Waals surface area contributed by atoms with Crippen molar-refractivity contribution in [1.29, 1.82) is 0 Å². The van der Waals surface area contributed by atoms with E-state index in [1.165, 1.54) is 36.6 Å². The molecule has 10 nitrogen and oxygen atoms in total. The van der Waals surface area contributed by atoms with Crippen LogP contribution in [0.3, 0.4) is 0 Å². The highest BCUT2D eigenvalue weighted by Gasteiger charge is 2.16. The second-order valence-corrected chi connectivity index (χ2v) is 8.15. The van der Waals surface area contributed by atoms with Crippen LogP contribution in [0.2, 0.25) is 0 Å². The van der Waals surface area contributed by atoms with Gasteiger partial charge in [-0.2, -0.15) is 0 Å². The third-order valence-corrected chi connectivity index (χ3v) is 5.69. The maximum Gasteiger partial charge on any atom is 0.292 e. The number of hydrogen-bond donors (Lipinski definition) is 3. The molecule has 1 aromatic heterocycles. The van der Waals surface area contributed by atoms with Gasteiger partial charge in [-0.15, -0.1) is 0 Å². The Hall–Kier alpha value is -3.70. The zero-order valence-corrected chi connectivity index (χ0v) is 17.1. The van der Waals surface area contributed by atoms with E-state index in [1.54, 1.807) is 30.3 Å². The molecule has 0 fully saturated rings. The van der Waals surface area contributed by atoms with Gasteiger partial charge < -0.3 is 15.1 Å². The molecule has 0 aliphatic heterocycles. The third kappa shape index (κ3) is 5.90. The first kappa shape index (κ1) is 22.0. The minimum Gasteiger partial charge on any atom is -0.468 e. The Bertz CT molecular complexity index is 1140. The fourth-order valence-electron chi connectivity index (χ4n) is 2.71. The normalized spacial score (nSPS) is 11.1. The number of carbonyl (C=O) groups is 1. The number of nitrogens with zero attached hydrogens (tertiary/aromatic N) is 1. The van der Waals surface area contributed by atoms with E-state index in [4.69, 9.17) is 4.42 Å². The van der Waals surface area contributed by atoms with Gasteiger partial charge in [0.05, 0.1) is 22.6 Å². The minimum absolute atomic E-state index is 0.0180. The van der Waals surface area contributed by atoms with Gasteiger partial charge in [-0.25, -0.2) is 13.1 Å². The first-order valence-corrected chi connectivity index (χ1v) is 10.7. The Morgan fingerprint density at radius 1 is 1.00 bits per heavy atom. The van der Waals surface area contributed by atoms with Crippen LogP contribution in [-0.2, 0) is 16.6 Å². The highest BCUT2D eigenvalue weighted by atomic mass is 32.2. The molecule has 0 saturated carbocycles. The molecule has 0 atom stereocenters. The van der Waals surface area contributed by atoms with Gasteiger partial charge in [0.1, 0.15) is 11.4 Å². The topological polar surface area (TPSA) is 144 Å². The van der Waals surface area contributed by atoms with Gasteiger partial charge in [0.15, 0.2) is 0 Å². The molecule has 11 heteroatoms. The Morgan fingerprint density at radius 3 is 2.42 bits per heavy atom. The highest BCUT2D eigenvalue weighted by Crippen LogP contribution is 2.22. The molecule has 0 saturated heterocycles. The number of para-hydroxylation sites is 2. The van der Waals surface area contributed by atoms with E-state index >= 15 is 0 Å². The van der Waals surface area contributed by atoms with E-state index in [-0.39, 0.29) is 35.8 Å². The molecule has 3 rings (SSSR count). The maximum absolute atomic E-state index is 12.3. The molecule has 3 N–H and O–H groups in total. The molecule has 0 radical (unpaired) electrons. The standard InChI is InChI=1S/C20H20N4O6S/c25-20(22-12-11-21-18-5-1-2-6-19(18)24(26)27)15-7-9-17(10-8-15)31(28,29)23-14-16-4-3-13-30-16/h1-10,13,21,23H,11-12,14H2,(H,22,25). The van der Waals surface area contributed by atoms with Crippen LogP contribution < -0.4 is 15.4 Å². The number of sulfonamides is 1. The summed E-state index contributed by atoms with van der Waals surface area (Å²) in [5.74, 6) is 0.0888. The van der Waals surface area contributed by atoms with E-state index in [0.717, 1.165) is 0 Å². The molecule has 31 heavy (non-hydrogen) atoms. The van der Waals surface area contributed by atoms with Crippen LogP contribution in [0.1, 0.15) is 16.1 Å². The van der Waals surface area contributed by atoms with Gasteiger partial charge >= 0.3 is 0 Å². The van der Waals surface area contributed by atoms with Gasteiger partial charge in [0.2, 0.25) is 10.0 Å². The van der Waals surface area contributed by atoms with Crippen LogP contribution in [0.4, 0.5) is 11.4 Å². The number of carbonyl (C=O) groups excluding carboxylic acids is 1. The summed E-state index contributed by atoms with van der Waals surface area (Å²) in [5, 5.41) is 16.6. The zero-order valence-electron chi connectivity index (χ0n) is 16.3. The molecule has 0 aliphatic rings. The van der Waals surface area contributed by atoms with Crippen molar-refractivity contribution in [2.45, 2.75) is 11.4 Å². The Labute approximate surface area is 178 Å². The number of rotatable bonds is 10. The average molecular weight is 444 g/mol. The van der Waals surface area contributed by atoms with Gasteiger partial charge in [-0.05, 0) is 42.5 Å². The molecule has 3 aromatic rings. The van der Waals surface area contributed by atoms with E-state index in [1.807, 2.05) is 0 Å². The summed E-state index contributed by atoms with van der Waals surface area (Å²) < 4.78 is 32.1. The van der Waals surface area contributed by atoms with Crippen LogP contribution >= 0.6 is 0 Å². The van der Waals surface area contributed by atoms with Crippen molar-refractivity contribution in [3.63, 3.8) is 0 Å². The molecular formula is C20H20N4O6S. The van der Waals surface area contributed by atoms with Crippen molar-refractivity contribution in [2.75, 3.05) is 18.4 Å². The molecule has 1 amide bonds. The second-order valence-electron chi connectivity index (χ2n) is 6.39. The summed E-state index contributed by atoms with van der Waals surface area (Å²) in [6.07, 6.45) is 1.45. The lowest BCUT2D eigenvalue weighted by molar-refractivity contribution is -0.384. The van der Waals surface area contributed by atoms with E-state index in [2.05, 4.69) is 15.4 Å². The van der Waals surface area contributed by atoms with Crippen LogP contribution in [0.5, 0.6) is 0 Å². The molecule has 0 aliphatic carbocycles. The number of furan rings is 1. The summed E-state index contributed by atoms with van der Waals surface area (Å²) in [4.78, 5) is 22.8. The van der Waals surface area contributed by atoms with Crippen molar-refractivity contribution in [2.24, 2.45) is 0 Å². The zero-order chi connectivity index (χ0) is 22.3. The van der Waals surface area contributed by atoms with Gasteiger partial charge in [0.25, 0.3) is 11.6 Å². The number of nitrogens with one attached hydrogen (secondary N) is 3. The first-order valence-electron chi connectivity index (χ1n) is 9.24. The number of amides is 1. The molecule has 1 heterocycles. The molecular weight excluding hydrogens is 424 g/mol. The molecule has 2 aromatic carbocycles. The van der Waals surface area contributed by atoms with E-state index in [0.29, 0.717) is 11.4 Å². The molecule has 0 bridgehead atoms. The second kappa shape index (κ2) is 9.87. The summed E-state index contributed by atoms with van der Waals surface area (Å²) in [7, 11) is -3.75. The summed E-state index contributed by atoms with van der Waals surface area (Å²) in [6, 6.07) is 15.0. The smallest absolute Gasteiger partial charge is 0.292 e. The number of nitro benzene ring substituents is 1. The van der Waals surface area contributed by atoms with Gasteiger partial charge in [-0.3, -0.25) is 14.9 Å². The lowest BCUT2D eigenvalue weighted by atomic mass is 10.2. The predicted octanol–water partition coefficient (Wildman–Crippen LogP) is 2.51. The quantitative estimate of drug-likeness (QED) is 0.248. The average Bonchev–Trinajstić information content (AvgIpc) is 3.29. The SMILES string of the molecule is O=C(NCCNc1ccccc1[N+](=O)[O-])c1ccc(S(=O)(=O)NCc2ccco2)cc1. The fourth-order valence-corrected chi connectivity index (χ4v) is 3.70. The Kier molecular flexibility index (Phi) is 7.00. The molecule has 162 valence electrons. The van der Waals surface area contributed by atoms with Crippen molar-refractivity contribution in [1.82, 2.24) is 10.0 Å². The largest absolute Gasteiger partial charge is 0.468 e. The fraction of sp³-hybridized carbons (Fsp3) is 0.150. The lowest BCUT2D eigenvalue weighted by Crippen LogP contribution is -2.29. The monoisotopic (exact) mass is 444 g/mol. The number of anilines is 1. The predicted molar refractivity (Wildman–Crippen MR) is 113 cm³/mol.